The zero-order valence-corrected chi connectivity index (χ0v) is 14.6. The number of thiocarbonyl (C=S) groups is 2. The predicted octanol–water partition coefficient (Wildman–Crippen LogP) is 2.04. The third-order valence-electron chi connectivity index (χ3n) is 4.43. The average Bonchev–Trinajstić information content (AvgIpc) is 3.17. The molecule has 122 valence electrons. The third kappa shape index (κ3) is 4.65. The molecule has 3 rings (SSSR count). The number of hydrogen-bond donors (Lipinski definition) is 4. The van der Waals surface area contributed by atoms with Crippen molar-refractivity contribution < 1.29 is 0 Å². The topological polar surface area (TPSA) is 48.1 Å². The van der Waals surface area contributed by atoms with Crippen LogP contribution in [0.2, 0.25) is 0 Å². The molecule has 0 heterocycles. The van der Waals surface area contributed by atoms with Gasteiger partial charge in [0.2, 0.25) is 0 Å². The Kier molecular flexibility index (Phi) is 5.46. The quantitative estimate of drug-likeness (QED) is 0.380. The minimum absolute atomic E-state index is 0.450. The Morgan fingerprint density at radius 2 is 1.78 bits per heavy atom. The molecule has 4 N–H and O–H groups in total. The first kappa shape index (κ1) is 16.2. The molecule has 0 amide bonds. The van der Waals surface area contributed by atoms with Crippen molar-refractivity contribution in [2.24, 2.45) is 11.8 Å². The smallest absolute Gasteiger partial charge is 0.185 e. The van der Waals surface area contributed by atoms with E-state index in [1.54, 1.807) is 0 Å². The Hall–Kier alpha value is -1.66. The van der Waals surface area contributed by atoms with E-state index in [9.17, 15) is 0 Å². The SMILES string of the molecule is S=C(NCCc1ccccc1)NNC(=S)N[C@@H]1C[C@@H]2C=C[C@@H]1C2. The largest absolute Gasteiger partial charge is 0.361 e. The van der Waals surface area contributed by atoms with Crippen molar-refractivity contribution in [2.75, 3.05) is 6.54 Å². The monoisotopic (exact) mass is 346 g/mol. The van der Waals surface area contributed by atoms with Gasteiger partial charge in [-0.3, -0.25) is 10.9 Å². The van der Waals surface area contributed by atoms with Gasteiger partial charge in [-0.2, -0.15) is 0 Å². The summed E-state index contributed by atoms with van der Waals surface area (Å²) < 4.78 is 0. The molecule has 1 aromatic rings. The second-order valence-corrected chi connectivity index (χ2v) is 6.92. The van der Waals surface area contributed by atoms with Crippen LogP contribution in [0.15, 0.2) is 42.5 Å². The normalized spacial score (nSPS) is 24.3. The Balaban J connectivity index is 1.29. The van der Waals surface area contributed by atoms with Gasteiger partial charge in [0.1, 0.15) is 0 Å². The Bertz CT molecular complexity index is 588. The summed E-state index contributed by atoms with van der Waals surface area (Å²) >= 11 is 10.6. The minimum Gasteiger partial charge on any atom is -0.361 e. The summed E-state index contributed by atoms with van der Waals surface area (Å²) in [7, 11) is 0. The third-order valence-corrected chi connectivity index (χ3v) is 4.89. The molecule has 0 spiro atoms. The van der Waals surface area contributed by atoms with E-state index >= 15 is 0 Å². The maximum absolute atomic E-state index is 5.32. The van der Waals surface area contributed by atoms with Crippen LogP contribution in [0, 0.1) is 11.8 Å². The molecular formula is C17H22N4S2. The Morgan fingerprint density at radius 1 is 1.00 bits per heavy atom. The second kappa shape index (κ2) is 7.75. The summed E-state index contributed by atoms with van der Waals surface area (Å²) in [5, 5.41) is 7.69. The summed E-state index contributed by atoms with van der Waals surface area (Å²) in [6, 6.07) is 10.8. The fourth-order valence-corrected chi connectivity index (χ4v) is 3.63. The first-order valence-electron chi connectivity index (χ1n) is 8.03. The number of allylic oxidation sites excluding steroid dienone is 1. The molecule has 0 aromatic heterocycles. The van der Waals surface area contributed by atoms with Gasteiger partial charge < -0.3 is 10.6 Å². The van der Waals surface area contributed by atoms with E-state index in [2.05, 4.69) is 45.8 Å². The van der Waals surface area contributed by atoms with Crippen LogP contribution in [-0.4, -0.2) is 22.8 Å². The molecular weight excluding hydrogens is 324 g/mol. The molecule has 1 saturated carbocycles. The molecule has 23 heavy (non-hydrogen) atoms. The summed E-state index contributed by atoms with van der Waals surface area (Å²) in [6.45, 7) is 0.787. The Labute approximate surface area is 148 Å². The van der Waals surface area contributed by atoms with Crippen LogP contribution in [0.25, 0.3) is 0 Å². The molecule has 0 saturated heterocycles. The summed E-state index contributed by atoms with van der Waals surface area (Å²) in [4.78, 5) is 0. The van der Waals surface area contributed by atoms with Crippen molar-refractivity contribution in [1.82, 2.24) is 21.5 Å². The fourth-order valence-electron chi connectivity index (χ4n) is 3.27. The van der Waals surface area contributed by atoms with Gasteiger partial charge in [-0.05, 0) is 61.1 Å². The number of nitrogens with one attached hydrogen (secondary N) is 4. The molecule has 0 radical (unpaired) electrons. The van der Waals surface area contributed by atoms with Crippen molar-refractivity contribution in [2.45, 2.75) is 25.3 Å². The summed E-state index contributed by atoms with van der Waals surface area (Å²) in [5.41, 5.74) is 7.18. The van der Waals surface area contributed by atoms with Crippen molar-refractivity contribution in [3.63, 3.8) is 0 Å². The Morgan fingerprint density at radius 3 is 2.48 bits per heavy atom. The van der Waals surface area contributed by atoms with Gasteiger partial charge in [0, 0.05) is 12.6 Å². The molecule has 0 aliphatic heterocycles. The molecule has 4 nitrogen and oxygen atoms in total. The molecule has 2 aliphatic carbocycles. The first-order valence-corrected chi connectivity index (χ1v) is 8.85. The number of benzene rings is 1. The molecule has 2 bridgehead atoms. The van der Waals surface area contributed by atoms with Gasteiger partial charge >= 0.3 is 0 Å². The van der Waals surface area contributed by atoms with Gasteiger partial charge in [-0.25, -0.2) is 0 Å². The van der Waals surface area contributed by atoms with Crippen LogP contribution in [0.1, 0.15) is 18.4 Å². The van der Waals surface area contributed by atoms with E-state index in [1.807, 2.05) is 18.2 Å². The highest BCUT2D eigenvalue weighted by Crippen LogP contribution is 2.38. The van der Waals surface area contributed by atoms with Crippen molar-refractivity contribution in [1.29, 1.82) is 0 Å². The van der Waals surface area contributed by atoms with Crippen LogP contribution < -0.4 is 21.5 Å². The minimum atomic E-state index is 0.450. The molecule has 0 unspecified atom stereocenters. The lowest BCUT2D eigenvalue weighted by Crippen LogP contribution is -2.53. The number of rotatable bonds is 4. The molecule has 6 heteroatoms. The highest BCUT2D eigenvalue weighted by Gasteiger charge is 2.35. The number of hydrazine groups is 1. The van der Waals surface area contributed by atoms with E-state index in [0.717, 1.165) is 18.9 Å². The number of fused-ring (bicyclic) bond motifs is 2. The van der Waals surface area contributed by atoms with E-state index in [-0.39, 0.29) is 0 Å². The van der Waals surface area contributed by atoms with Crippen molar-refractivity contribution in [3.05, 3.63) is 48.0 Å². The molecule has 1 aromatic carbocycles. The number of hydrogen-bond acceptors (Lipinski definition) is 2. The fraction of sp³-hybridized carbons (Fsp3) is 0.412. The average molecular weight is 347 g/mol. The predicted molar refractivity (Wildman–Crippen MR) is 102 cm³/mol. The second-order valence-electron chi connectivity index (χ2n) is 6.10. The van der Waals surface area contributed by atoms with Gasteiger partial charge in [0.25, 0.3) is 0 Å². The highest BCUT2D eigenvalue weighted by atomic mass is 32.1. The van der Waals surface area contributed by atoms with Gasteiger partial charge in [0.15, 0.2) is 10.2 Å². The van der Waals surface area contributed by atoms with E-state index in [4.69, 9.17) is 24.4 Å². The molecule has 2 aliphatic rings. The summed E-state index contributed by atoms with van der Waals surface area (Å²) in [5.74, 6) is 1.35. The lowest BCUT2D eigenvalue weighted by atomic mass is 10.0. The summed E-state index contributed by atoms with van der Waals surface area (Å²) in [6.07, 6.45) is 7.99. The lowest BCUT2D eigenvalue weighted by molar-refractivity contribution is 0.518. The lowest BCUT2D eigenvalue weighted by Gasteiger charge is -2.22. The van der Waals surface area contributed by atoms with Crippen LogP contribution >= 0.6 is 24.4 Å². The van der Waals surface area contributed by atoms with E-state index in [1.165, 1.54) is 18.4 Å². The maximum Gasteiger partial charge on any atom is 0.185 e. The molecule has 1 fully saturated rings. The zero-order valence-electron chi connectivity index (χ0n) is 12.9. The van der Waals surface area contributed by atoms with Crippen molar-refractivity contribution >= 4 is 34.7 Å². The van der Waals surface area contributed by atoms with Gasteiger partial charge in [-0.15, -0.1) is 0 Å². The zero-order chi connectivity index (χ0) is 16.1. The highest BCUT2D eigenvalue weighted by molar-refractivity contribution is 7.80. The van der Waals surface area contributed by atoms with E-state index in [0.29, 0.717) is 22.2 Å². The van der Waals surface area contributed by atoms with Crippen LogP contribution in [-0.2, 0) is 6.42 Å². The first-order chi connectivity index (χ1) is 11.2. The van der Waals surface area contributed by atoms with Gasteiger partial charge in [0.05, 0.1) is 0 Å². The molecule has 3 atom stereocenters. The van der Waals surface area contributed by atoms with Crippen LogP contribution in [0.3, 0.4) is 0 Å². The van der Waals surface area contributed by atoms with Crippen LogP contribution in [0.4, 0.5) is 0 Å². The van der Waals surface area contributed by atoms with Gasteiger partial charge in [-0.1, -0.05) is 42.5 Å². The van der Waals surface area contributed by atoms with Crippen molar-refractivity contribution in [3.8, 4) is 0 Å². The van der Waals surface area contributed by atoms with Crippen LogP contribution in [0.5, 0.6) is 0 Å². The van der Waals surface area contributed by atoms with E-state index < -0.39 is 0 Å². The maximum atomic E-state index is 5.32. The standard InChI is InChI=1S/C17H22N4S2/c22-16(18-9-8-12-4-2-1-3-5-12)20-21-17(23)19-15-11-13-6-7-14(15)10-13/h1-7,13-15H,8-11H2,(H2,18,20,22)(H2,19,21,23)/t13-,14-,15-/m1/s1.